The van der Waals surface area contributed by atoms with Crippen LogP contribution in [0.3, 0.4) is 0 Å². The van der Waals surface area contributed by atoms with E-state index in [1.54, 1.807) is 17.2 Å². The van der Waals surface area contributed by atoms with Crippen molar-refractivity contribution in [3.05, 3.63) is 52.3 Å². The van der Waals surface area contributed by atoms with Crippen molar-refractivity contribution in [2.24, 2.45) is 0 Å². The van der Waals surface area contributed by atoms with Gasteiger partial charge < -0.3 is 14.6 Å². The molecule has 1 amide bonds. The number of nitrogens with one attached hydrogen (secondary N) is 1. The molecule has 1 fully saturated rings. The molecule has 23 heavy (non-hydrogen) atoms. The van der Waals surface area contributed by atoms with Crippen molar-refractivity contribution >= 4 is 17.5 Å². The number of carbonyl (C=O) groups excluding carboxylic acids is 1. The Morgan fingerprint density at radius 3 is 3.09 bits per heavy atom. The van der Waals surface area contributed by atoms with Crippen molar-refractivity contribution in [1.29, 1.82) is 0 Å². The molecule has 1 N–H and O–H groups in total. The number of hydrogen-bond donors (Lipinski definition) is 1. The first-order valence-electron chi connectivity index (χ1n) is 7.38. The summed E-state index contributed by atoms with van der Waals surface area (Å²) < 4.78 is 19.4. The zero-order valence-corrected chi connectivity index (χ0v) is 13.4. The van der Waals surface area contributed by atoms with Crippen LogP contribution in [0.15, 0.2) is 24.4 Å². The van der Waals surface area contributed by atoms with E-state index in [0.717, 1.165) is 5.69 Å². The highest BCUT2D eigenvalue weighted by molar-refractivity contribution is 6.31. The first-order valence-corrected chi connectivity index (χ1v) is 7.75. The van der Waals surface area contributed by atoms with Gasteiger partial charge in [0.1, 0.15) is 17.7 Å². The highest BCUT2D eigenvalue weighted by atomic mass is 35.5. The Hall–Kier alpha value is -1.92. The minimum absolute atomic E-state index is 0.0816. The maximum atomic E-state index is 13.9. The van der Waals surface area contributed by atoms with Crippen LogP contribution in [0, 0.1) is 12.7 Å². The average molecular weight is 338 g/mol. The molecule has 1 aromatic carbocycles. The highest BCUT2D eigenvalue weighted by Crippen LogP contribution is 2.25. The normalized spacial score (nSPS) is 18.2. The van der Waals surface area contributed by atoms with E-state index in [2.05, 4.69) is 9.97 Å². The van der Waals surface area contributed by atoms with Crippen LogP contribution < -0.4 is 0 Å². The number of nitrogens with zero attached hydrogens (tertiary/aromatic N) is 2. The number of imidazole rings is 1. The lowest BCUT2D eigenvalue weighted by Gasteiger charge is -2.34. The number of aryl methyl sites for hydroxylation is 1. The summed E-state index contributed by atoms with van der Waals surface area (Å²) in [6, 6.07) is 4.12. The van der Waals surface area contributed by atoms with Crippen LogP contribution in [0.1, 0.15) is 23.1 Å². The monoisotopic (exact) mass is 337 g/mol. The third kappa shape index (κ3) is 3.38. The molecule has 1 saturated heterocycles. The summed E-state index contributed by atoms with van der Waals surface area (Å²) in [7, 11) is 0. The van der Waals surface area contributed by atoms with Gasteiger partial charge in [0, 0.05) is 29.0 Å². The molecule has 0 spiro atoms. The van der Waals surface area contributed by atoms with Gasteiger partial charge in [-0.2, -0.15) is 0 Å². The Morgan fingerprint density at radius 2 is 2.39 bits per heavy atom. The lowest BCUT2D eigenvalue weighted by Crippen LogP contribution is -2.44. The van der Waals surface area contributed by atoms with Crippen molar-refractivity contribution in [3.63, 3.8) is 0 Å². The molecular weight excluding hydrogens is 321 g/mol. The van der Waals surface area contributed by atoms with Crippen molar-refractivity contribution in [1.82, 2.24) is 14.9 Å². The second-order valence-electron chi connectivity index (χ2n) is 5.51. The first kappa shape index (κ1) is 16.0. The van der Waals surface area contributed by atoms with Gasteiger partial charge in [-0.1, -0.05) is 17.7 Å². The maximum absolute atomic E-state index is 13.9. The average Bonchev–Trinajstić information content (AvgIpc) is 2.97. The number of hydrogen-bond acceptors (Lipinski definition) is 3. The van der Waals surface area contributed by atoms with E-state index in [0.29, 0.717) is 25.6 Å². The van der Waals surface area contributed by atoms with Crippen LogP contribution in [0.2, 0.25) is 5.02 Å². The van der Waals surface area contributed by atoms with Crippen LogP contribution in [0.4, 0.5) is 4.39 Å². The summed E-state index contributed by atoms with van der Waals surface area (Å²) in [5, 5.41) is 0.261. The number of halogens is 2. The smallest absolute Gasteiger partial charge is 0.227 e. The summed E-state index contributed by atoms with van der Waals surface area (Å²) in [6.07, 6.45) is 1.63. The zero-order chi connectivity index (χ0) is 16.4. The molecule has 122 valence electrons. The van der Waals surface area contributed by atoms with Gasteiger partial charge >= 0.3 is 0 Å². The summed E-state index contributed by atoms with van der Waals surface area (Å²) in [5.41, 5.74) is 1.13. The quantitative estimate of drug-likeness (QED) is 0.936. The zero-order valence-electron chi connectivity index (χ0n) is 12.7. The van der Waals surface area contributed by atoms with Crippen molar-refractivity contribution in [2.75, 3.05) is 19.8 Å². The van der Waals surface area contributed by atoms with Crippen LogP contribution >= 0.6 is 11.6 Å². The standard InChI is InChI=1S/C16H17ClFN3O2/c1-10-8-19-16(20-10)14-9-23-6-5-21(14)15(22)7-11-12(17)3-2-4-13(11)18/h2-4,8,14H,5-7,9H2,1H3,(H,19,20)/t14-/m1/s1. The molecule has 3 rings (SSSR count). The Morgan fingerprint density at radius 1 is 1.57 bits per heavy atom. The number of amides is 1. The largest absolute Gasteiger partial charge is 0.377 e. The molecule has 1 atom stereocenters. The molecule has 0 saturated carbocycles. The van der Waals surface area contributed by atoms with Crippen LogP contribution in [-0.2, 0) is 16.0 Å². The molecule has 2 aromatic rings. The van der Waals surface area contributed by atoms with Gasteiger partial charge in [-0.3, -0.25) is 4.79 Å². The minimum Gasteiger partial charge on any atom is -0.377 e. The fraction of sp³-hybridized carbons (Fsp3) is 0.375. The second kappa shape index (κ2) is 6.68. The van der Waals surface area contributed by atoms with Crippen molar-refractivity contribution < 1.29 is 13.9 Å². The first-order chi connectivity index (χ1) is 11.1. The third-order valence-electron chi connectivity index (χ3n) is 3.88. The number of H-pyrrole nitrogens is 1. The molecule has 0 aliphatic carbocycles. The fourth-order valence-corrected chi connectivity index (χ4v) is 2.91. The van der Waals surface area contributed by atoms with Gasteiger partial charge in [0.05, 0.1) is 19.6 Å². The maximum Gasteiger partial charge on any atom is 0.227 e. The highest BCUT2D eigenvalue weighted by Gasteiger charge is 2.31. The minimum atomic E-state index is -0.468. The SMILES string of the molecule is Cc1cnc([C@H]2COCCN2C(=O)Cc2c(F)cccc2Cl)[nH]1. The molecule has 1 aliphatic heterocycles. The van der Waals surface area contributed by atoms with Crippen LogP contribution in [-0.4, -0.2) is 40.5 Å². The summed E-state index contributed by atoms with van der Waals surface area (Å²) in [6.45, 7) is 3.15. The van der Waals surface area contributed by atoms with E-state index in [9.17, 15) is 9.18 Å². The van der Waals surface area contributed by atoms with Crippen LogP contribution in [0.25, 0.3) is 0 Å². The van der Waals surface area contributed by atoms with Crippen molar-refractivity contribution in [2.45, 2.75) is 19.4 Å². The number of morpholine rings is 1. The van der Waals surface area contributed by atoms with Gasteiger partial charge in [0.2, 0.25) is 5.91 Å². The van der Waals surface area contributed by atoms with Crippen molar-refractivity contribution in [3.8, 4) is 0 Å². The Bertz CT molecular complexity index is 699. The topological polar surface area (TPSA) is 58.2 Å². The Kier molecular flexibility index (Phi) is 4.63. The van der Waals surface area contributed by atoms with Crippen LogP contribution in [0.5, 0.6) is 0 Å². The Labute approximate surface area is 138 Å². The summed E-state index contributed by atoms with van der Waals surface area (Å²) in [4.78, 5) is 21.8. The lowest BCUT2D eigenvalue weighted by atomic mass is 10.1. The van der Waals surface area contributed by atoms with Gasteiger partial charge in [0.25, 0.3) is 0 Å². The van der Waals surface area contributed by atoms with Gasteiger partial charge in [0.15, 0.2) is 0 Å². The number of aromatic nitrogens is 2. The number of benzene rings is 1. The predicted molar refractivity (Wildman–Crippen MR) is 83.7 cm³/mol. The molecular formula is C16H17ClFN3O2. The van der Waals surface area contributed by atoms with Gasteiger partial charge in [-0.05, 0) is 19.1 Å². The predicted octanol–water partition coefficient (Wildman–Crippen LogP) is 2.65. The van der Waals surface area contributed by atoms with E-state index < -0.39 is 5.82 Å². The van der Waals surface area contributed by atoms with E-state index in [1.807, 2.05) is 6.92 Å². The molecule has 0 bridgehead atoms. The molecule has 2 heterocycles. The number of aromatic amines is 1. The van der Waals surface area contributed by atoms with Gasteiger partial charge in [-0.15, -0.1) is 0 Å². The lowest BCUT2D eigenvalue weighted by molar-refractivity contribution is -0.139. The number of carbonyl (C=O) groups is 1. The molecule has 1 aliphatic rings. The summed E-state index contributed by atoms with van der Waals surface area (Å²) >= 11 is 6.02. The molecule has 5 nitrogen and oxygen atoms in total. The molecule has 1 aromatic heterocycles. The third-order valence-corrected chi connectivity index (χ3v) is 4.23. The van der Waals surface area contributed by atoms with E-state index in [4.69, 9.17) is 16.3 Å². The van der Waals surface area contributed by atoms with E-state index in [-0.39, 0.29) is 29.0 Å². The number of ether oxygens (including phenoxy) is 1. The van der Waals surface area contributed by atoms with Gasteiger partial charge in [-0.25, -0.2) is 9.37 Å². The molecule has 7 heteroatoms. The Balaban J connectivity index is 1.82. The molecule has 0 radical (unpaired) electrons. The fourth-order valence-electron chi connectivity index (χ4n) is 2.68. The second-order valence-corrected chi connectivity index (χ2v) is 5.91. The molecule has 0 unspecified atom stereocenters. The van der Waals surface area contributed by atoms with E-state index in [1.165, 1.54) is 12.1 Å². The van der Waals surface area contributed by atoms with E-state index >= 15 is 0 Å². The summed E-state index contributed by atoms with van der Waals surface area (Å²) in [5.74, 6) is 0.0130. The number of rotatable bonds is 3.